The molecule has 14 nitrogen and oxygen atoms in total. The molecule has 14 heteroatoms. The Morgan fingerprint density at radius 2 is 0.561 bits per heavy atom. The van der Waals surface area contributed by atoms with Gasteiger partial charge in [0, 0.05) is 27.1 Å². The van der Waals surface area contributed by atoms with Gasteiger partial charge >= 0.3 is 0 Å². The maximum Gasteiger partial charge on any atom is 0.165 e. The molecule has 82 heavy (non-hydrogen) atoms. The molecule has 3 heterocycles. The van der Waals surface area contributed by atoms with Gasteiger partial charge in [-0.3, -0.25) is 0 Å². The van der Waals surface area contributed by atoms with Crippen LogP contribution in [0.4, 0.5) is 0 Å². The Morgan fingerprint density at radius 3 is 0.829 bits per heavy atom. The van der Waals surface area contributed by atoms with Gasteiger partial charge in [-0.25, -0.2) is 15.0 Å². The van der Waals surface area contributed by atoms with Crippen LogP contribution in [0.15, 0.2) is 158 Å². The van der Waals surface area contributed by atoms with Gasteiger partial charge in [-0.2, -0.15) is 47.4 Å². The fourth-order valence-electron chi connectivity index (χ4n) is 10.9. The Labute approximate surface area is 468 Å². The molecule has 0 amide bonds. The van der Waals surface area contributed by atoms with E-state index in [9.17, 15) is 47.4 Å². The SMILES string of the molecule is Cc1nc(C)nc(-c2cc(-n3c4cc(-c5cc(C#N)cc(C#N)c5)ccc4c4ccc(-c5cc(C#N)cc(C#N)c5)cc43)c(C#N)cc2-n2c3cc(-c4cc(C#N)cc(C#N)c4)ccc3c3ccc(-c4cc(C#N)cc(C#N)c4)cc32)n1. The summed E-state index contributed by atoms with van der Waals surface area (Å²) in [6.45, 7) is 3.54. The smallest absolute Gasteiger partial charge is 0.165 e. The summed E-state index contributed by atoms with van der Waals surface area (Å²) in [5.74, 6) is 1.15. The predicted octanol–water partition coefficient (Wildman–Crippen LogP) is 13.9. The molecule has 0 N–H and O–H groups in total. The summed E-state index contributed by atoms with van der Waals surface area (Å²) in [4.78, 5) is 14.5. The van der Waals surface area contributed by atoms with E-state index in [-0.39, 0.29) is 11.4 Å². The van der Waals surface area contributed by atoms with Crippen LogP contribution >= 0.6 is 0 Å². The first-order valence-electron chi connectivity index (χ1n) is 25.2. The molecular weight excluding hydrogens is 1010 g/mol. The quantitative estimate of drug-likeness (QED) is 0.144. The third-order valence-electron chi connectivity index (χ3n) is 14.4. The third-order valence-corrected chi connectivity index (χ3v) is 14.4. The fourth-order valence-corrected chi connectivity index (χ4v) is 10.9. The van der Waals surface area contributed by atoms with Crippen LogP contribution in [0.2, 0.25) is 0 Å². The maximum atomic E-state index is 11.7. The Hall–Kier alpha value is -13.0. The lowest BCUT2D eigenvalue weighted by molar-refractivity contribution is 0.926. The Bertz CT molecular complexity index is 4850. The minimum Gasteiger partial charge on any atom is -0.308 e. The predicted molar refractivity (Wildman–Crippen MR) is 308 cm³/mol. The molecule has 12 aromatic rings. The van der Waals surface area contributed by atoms with Crippen molar-refractivity contribution in [3.05, 3.63) is 219 Å². The molecule has 3 aromatic heterocycles. The van der Waals surface area contributed by atoms with Crippen molar-refractivity contribution in [3.8, 4) is 122 Å². The highest BCUT2D eigenvalue weighted by Gasteiger charge is 2.25. The van der Waals surface area contributed by atoms with E-state index in [0.717, 1.165) is 21.5 Å². The zero-order valence-corrected chi connectivity index (χ0v) is 43.3. The van der Waals surface area contributed by atoms with Gasteiger partial charge < -0.3 is 9.13 Å². The first-order chi connectivity index (χ1) is 39.9. The molecule has 0 atom stereocenters. The van der Waals surface area contributed by atoms with Gasteiger partial charge in [0.15, 0.2) is 5.82 Å². The van der Waals surface area contributed by atoms with Crippen LogP contribution in [0.1, 0.15) is 61.7 Å². The van der Waals surface area contributed by atoms with Crippen molar-refractivity contribution in [1.29, 1.82) is 47.4 Å². The standard InChI is InChI=1S/C68H32N14/c1-38-78-39(2)80-68(79-38)61-28-62(81-63-23-48(52-15-40(29-69)11-41(16-52)30-70)3-7-57(63)58-8-4-49(24-64(58)81)53-17-42(31-71)12-43(18-53)32-72)56(37-77)27-67(61)82-65-25-50(54-19-44(33-73)13-45(20-54)34-74)5-9-59(65)60-10-6-51(26-66(60)82)55-21-46(35-75)14-47(22-55)36-76/h3-28H,1-2H3. The number of fused-ring (bicyclic) bond motifs is 6. The summed E-state index contributed by atoms with van der Waals surface area (Å²) in [7, 11) is 0. The van der Waals surface area contributed by atoms with Crippen molar-refractivity contribution in [2.45, 2.75) is 13.8 Å². The number of aromatic nitrogens is 5. The second kappa shape index (κ2) is 19.9. The minimum atomic E-state index is 0.218. The molecule has 0 bridgehead atoms. The van der Waals surface area contributed by atoms with Crippen molar-refractivity contribution in [2.75, 3.05) is 0 Å². The van der Waals surface area contributed by atoms with Crippen LogP contribution < -0.4 is 0 Å². The average Bonchev–Trinajstić information content (AvgIpc) is 2.88. The van der Waals surface area contributed by atoms with Crippen molar-refractivity contribution in [1.82, 2.24) is 24.1 Å². The largest absolute Gasteiger partial charge is 0.308 e. The van der Waals surface area contributed by atoms with E-state index in [2.05, 4.69) is 59.6 Å². The highest BCUT2D eigenvalue weighted by atomic mass is 15.1. The number of nitrogens with zero attached hydrogens (tertiary/aromatic N) is 14. The molecule has 0 aliphatic rings. The summed E-state index contributed by atoms with van der Waals surface area (Å²) in [5, 5.41) is 95.1. The third kappa shape index (κ3) is 8.53. The van der Waals surface area contributed by atoms with Crippen molar-refractivity contribution >= 4 is 43.6 Å². The van der Waals surface area contributed by atoms with E-state index in [0.29, 0.717) is 140 Å². The molecule has 9 aromatic carbocycles. The maximum absolute atomic E-state index is 11.7. The van der Waals surface area contributed by atoms with E-state index in [4.69, 9.17) is 9.97 Å². The van der Waals surface area contributed by atoms with Gasteiger partial charge in [0.2, 0.25) is 0 Å². The van der Waals surface area contributed by atoms with E-state index in [1.165, 1.54) is 24.3 Å². The first kappa shape index (κ1) is 49.9. The monoisotopic (exact) mass is 1040 g/mol. The molecule has 0 saturated carbocycles. The first-order valence-corrected chi connectivity index (χ1v) is 25.2. The molecule has 0 aliphatic heterocycles. The second-order valence-corrected chi connectivity index (χ2v) is 19.4. The van der Waals surface area contributed by atoms with Gasteiger partial charge in [-0.05, 0) is 168 Å². The Kier molecular flexibility index (Phi) is 12.1. The molecule has 0 spiro atoms. The highest BCUT2D eigenvalue weighted by Crippen LogP contribution is 2.44. The van der Waals surface area contributed by atoms with Crippen LogP contribution in [0.3, 0.4) is 0 Å². The molecule has 0 radical (unpaired) electrons. The number of benzene rings is 9. The Morgan fingerprint density at radius 1 is 0.280 bits per heavy atom. The summed E-state index contributed by atoms with van der Waals surface area (Å²) in [6, 6.07) is 66.9. The zero-order valence-electron chi connectivity index (χ0n) is 43.3. The van der Waals surface area contributed by atoms with Crippen molar-refractivity contribution in [3.63, 3.8) is 0 Å². The van der Waals surface area contributed by atoms with Gasteiger partial charge in [-0.15, -0.1) is 0 Å². The van der Waals surface area contributed by atoms with Gasteiger partial charge in [0.1, 0.15) is 17.7 Å². The van der Waals surface area contributed by atoms with Crippen molar-refractivity contribution < 1.29 is 0 Å². The number of aryl methyl sites for hydroxylation is 2. The highest BCUT2D eigenvalue weighted by molar-refractivity contribution is 6.13. The fraction of sp³-hybridized carbons (Fsp3) is 0.0294. The molecule has 0 saturated heterocycles. The lowest BCUT2D eigenvalue weighted by Gasteiger charge is -2.19. The van der Waals surface area contributed by atoms with Gasteiger partial charge in [0.05, 0.1) is 132 Å². The molecule has 12 rings (SSSR count). The number of hydrogen-bond donors (Lipinski definition) is 0. The number of nitriles is 9. The molecule has 0 unspecified atom stereocenters. The lowest BCUT2D eigenvalue weighted by Crippen LogP contribution is -2.07. The lowest BCUT2D eigenvalue weighted by atomic mass is 9.98. The van der Waals surface area contributed by atoms with Gasteiger partial charge in [-0.1, -0.05) is 48.5 Å². The van der Waals surface area contributed by atoms with Crippen LogP contribution in [-0.2, 0) is 0 Å². The van der Waals surface area contributed by atoms with E-state index < -0.39 is 0 Å². The summed E-state index contributed by atoms with van der Waals surface area (Å²) < 4.78 is 4.01. The molecule has 0 aliphatic carbocycles. The normalized spacial score (nSPS) is 10.7. The van der Waals surface area contributed by atoms with Crippen LogP contribution in [0.25, 0.3) is 111 Å². The van der Waals surface area contributed by atoms with Crippen LogP contribution in [0.5, 0.6) is 0 Å². The number of rotatable bonds is 7. The zero-order chi connectivity index (χ0) is 56.9. The average molecular weight is 1050 g/mol. The van der Waals surface area contributed by atoms with E-state index >= 15 is 0 Å². The molecular formula is C68H32N14. The van der Waals surface area contributed by atoms with E-state index in [1.807, 2.05) is 88.0 Å². The topological polar surface area (TPSA) is 263 Å². The molecule has 0 fully saturated rings. The second-order valence-electron chi connectivity index (χ2n) is 19.4. The van der Waals surface area contributed by atoms with Crippen LogP contribution in [-0.4, -0.2) is 24.1 Å². The van der Waals surface area contributed by atoms with E-state index in [1.54, 1.807) is 68.4 Å². The van der Waals surface area contributed by atoms with Crippen LogP contribution in [0, 0.1) is 116 Å². The minimum absolute atomic E-state index is 0.218. The van der Waals surface area contributed by atoms with Gasteiger partial charge in [0.25, 0.3) is 0 Å². The molecule has 374 valence electrons. The Balaban J connectivity index is 1.22. The summed E-state index contributed by atoms with van der Waals surface area (Å²) in [5.41, 5.74) is 12.0. The van der Waals surface area contributed by atoms with Crippen molar-refractivity contribution in [2.24, 2.45) is 0 Å². The summed E-state index contributed by atoms with van der Waals surface area (Å²) in [6.07, 6.45) is 0. The summed E-state index contributed by atoms with van der Waals surface area (Å²) >= 11 is 0. The number of hydrogen-bond acceptors (Lipinski definition) is 12.